The van der Waals surface area contributed by atoms with Gasteiger partial charge in [0, 0.05) is 17.5 Å². The average Bonchev–Trinajstić information content (AvgIpc) is 3.10. The molecule has 3 fully saturated rings. The van der Waals surface area contributed by atoms with Gasteiger partial charge >= 0.3 is 5.97 Å². The lowest BCUT2D eigenvalue weighted by Crippen LogP contribution is -2.51. The molecule has 0 spiro atoms. The molecule has 0 radical (unpaired) electrons. The number of carbonyl (C=O) groups excluding carboxylic acids is 1. The first-order valence-corrected chi connectivity index (χ1v) is 14.7. The lowest BCUT2D eigenvalue weighted by molar-refractivity contribution is -0.145. The molecule has 0 amide bonds. The average molecular weight is 489 g/mol. The van der Waals surface area contributed by atoms with E-state index >= 15 is 0 Å². The van der Waals surface area contributed by atoms with E-state index in [1.165, 1.54) is 57.4 Å². The molecule has 0 heterocycles. The Morgan fingerprint density at radius 1 is 1.12 bits per heavy atom. The van der Waals surface area contributed by atoms with Gasteiger partial charge in [0.2, 0.25) is 0 Å². The molecule has 3 heteroatoms. The second-order valence-electron chi connectivity index (χ2n) is 13.3. The predicted molar refractivity (Wildman–Crippen MR) is 143 cm³/mol. The highest BCUT2D eigenvalue weighted by atomic mass is 35.5. The van der Waals surface area contributed by atoms with E-state index in [4.69, 9.17) is 16.3 Å². The Bertz CT molecular complexity index is 808. The van der Waals surface area contributed by atoms with Gasteiger partial charge in [-0.15, -0.1) is 0 Å². The molecule has 0 aromatic heterocycles. The Labute approximate surface area is 214 Å². The molecule has 0 aliphatic heterocycles. The minimum Gasteiger partial charge on any atom is -0.459 e. The van der Waals surface area contributed by atoms with Crippen LogP contribution in [0.2, 0.25) is 0 Å². The van der Waals surface area contributed by atoms with Crippen LogP contribution in [0.5, 0.6) is 0 Å². The smallest absolute Gasteiger partial charge is 0.332 e. The Morgan fingerprint density at radius 3 is 2.59 bits per heavy atom. The van der Waals surface area contributed by atoms with Crippen molar-refractivity contribution in [3.63, 3.8) is 0 Å². The van der Waals surface area contributed by atoms with Gasteiger partial charge in [-0.2, -0.15) is 0 Å². The maximum Gasteiger partial charge on any atom is 0.332 e. The molecule has 2 nitrogen and oxygen atoms in total. The molecular formula is C31H49ClO2. The van der Waals surface area contributed by atoms with Crippen LogP contribution in [0.1, 0.15) is 112 Å². The highest BCUT2D eigenvalue weighted by Crippen LogP contribution is 2.67. The fourth-order valence-electron chi connectivity index (χ4n) is 9.11. The van der Waals surface area contributed by atoms with Crippen LogP contribution < -0.4 is 0 Å². The third kappa shape index (κ3) is 5.05. The second-order valence-corrected chi connectivity index (χ2v) is 13.9. The Kier molecular flexibility index (Phi) is 7.98. The highest BCUT2D eigenvalue weighted by Gasteiger charge is 2.59. The number of allylic oxidation sites excluding steroid dienone is 2. The van der Waals surface area contributed by atoms with Crippen molar-refractivity contribution in [3.05, 3.63) is 22.8 Å². The molecule has 4 aliphatic carbocycles. The molecule has 0 aromatic rings. The fourth-order valence-corrected chi connectivity index (χ4v) is 9.20. The first kappa shape index (κ1) is 26.3. The highest BCUT2D eigenvalue weighted by molar-refractivity contribution is 6.30. The van der Waals surface area contributed by atoms with Crippen LogP contribution in [0, 0.1) is 46.3 Å². The molecule has 0 aromatic carbocycles. The zero-order valence-corrected chi connectivity index (χ0v) is 23.4. The summed E-state index contributed by atoms with van der Waals surface area (Å²) in [5.41, 5.74) is 2.41. The van der Waals surface area contributed by atoms with E-state index < -0.39 is 0 Å². The van der Waals surface area contributed by atoms with Crippen LogP contribution in [-0.2, 0) is 9.53 Å². The molecule has 4 rings (SSSR count). The minimum absolute atomic E-state index is 0.00653. The Morgan fingerprint density at radius 2 is 1.88 bits per heavy atom. The van der Waals surface area contributed by atoms with Gasteiger partial charge in [-0.25, -0.2) is 4.79 Å². The minimum atomic E-state index is -0.289. The lowest BCUT2D eigenvalue weighted by atomic mass is 9.47. The normalized spacial score (nSPS) is 40.8. The van der Waals surface area contributed by atoms with Gasteiger partial charge in [0.25, 0.3) is 0 Å². The van der Waals surface area contributed by atoms with Gasteiger partial charge in [-0.3, -0.25) is 0 Å². The van der Waals surface area contributed by atoms with Gasteiger partial charge in [0.05, 0.1) is 0 Å². The molecule has 8 unspecified atom stereocenters. The largest absolute Gasteiger partial charge is 0.459 e. The first-order valence-electron chi connectivity index (χ1n) is 14.3. The van der Waals surface area contributed by atoms with Crippen molar-refractivity contribution in [3.8, 4) is 0 Å². The Balaban J connectivity index is 1.44. The molecule has 3 saturated carbocycles. The van der Waals surface area contributed by atoms with Crippen LogP contribution in [0.4, 0.5) is 0 Å². The van der Waals surface area contributed by atoms with Gasteiger partial charge in [-0.1, -0.05) is 77.1 Å². The van der Waals surface area contributed by atoms with Crippen LogP contribution in [0.25, 0.3) is 0 Å². The van der Waals surface area contributed by atoms with Crippen LogP contribution in [0.15, 0.2) is 22.8 Å². The molecule has 0 N–H and O–H groups in total. The van der Waals surface area contributed by atoms with Crippen molar-refractivity contribution >= 4 is 17.6 Å². The quantitative estimate of drug-likeness (QED) is 0.203. The fraction of sp³-hybridized carbons (Fsp3) is 0.839. The summed E-state index contributed by atoms with van der Waals surface area (Å²) in [6, 6.07) is 0. The summed E-state index contributed by atoms with van der Waals surface area (Å²) < 4.78 is 5.76. The number of hydrogen-bond acceptors (Lipinski definition) is 2. The van der Waals surface area contributed by atoms with Gasteiger partial charge < -0.3 is 4.74 Å². The Hall–Kier alpha value is -0.760. The second kappa shape index (κ2) is 10.3. The maximum absolute atomic E-state index is 12.1. The molecule has 8 atom stereocenters. The van der Waals surface area contributed by atoms with Crippen molar-refractivity contribution in [2.75, 3.05) is 0 Å². The summed E-state index contributed by atoms with van der Waals surface area (Å²) in [6.07, 6.45) is 18.2. The number of rotatable bonds is 7. The van der Waals surface area contributed by atoms with Gasteiger partial charge in [-0.05, 0) is 98.2 Å². The van der Waals surface area contributed by atoms with Gasteiger partial charge in [0.15, 0.2) is 0 Å². The van der Waals surface area contributed by atoms with Crippen LogP contribution in [0.3, 0.4) is 0 Å². The molecule has 4 aliphatic rings. The number of carbonyl (C=O) groups is 1. The standard InChI is InChI=1S/C31H49ClO2/c1-20(2)8-7-9-21(3)26-12-13-27-25-11-10-23-19-24(34-29(33)18-22(4)32)14-16-30(23,5)28(25)15-17-31(26,27)6/h10,18,20-21,24-28H,7-9,11-17,19H2,1-6H3. The van der Waals surface area contributed by atoms with Crippen molar-refractivity contribution in [1.29, 1.82) is 0 Å². The van der Waals surface area contributed by atoms with Crippen molar-refractivity contribution < 1.29 is 9.53 Å². The summed E-state index contributed by atoms with van der Waals surface area (Å²) in [5, 5.41) is 0.486. The summed E-state index contributed by atoms with van der Waals surface area (Å²) in [4.78, 5) is 12.1. The number of halogens is 1. The molecule has 34 heavy (non-hydrogen) atoms. The third-order valence-corrected chi connectivity index (χ3v) is 11.0. The van der Waals surface area contributed by atoms with E-state index in [0.29, 0.717) is 15.9 Å². The summed E-state index contributed by atoms with van der Waals surface area (Å²) in [6.45, 7) is 14.2. The number of hydrogen-bond donors (Lipinski definition) is 0. The molecule has 0 bridgehead atoms. The topological polar surface area (TPSA) is 26.3 Å². The monoisotopic (exact) mass is 488 g/mol. The number of ether oxygens (including phenoxy) is 1. The zero-order valence-electron chi connectivity index (χ0n) is 22.7. The van der Waals surface area contributed by atoms with Crippen molar-refractivity contribution in [1.82, 2.24) is 0 Å². The van der Waals surface area contributed by atoms with Gasteiger partial charge in [0.1, 0.15) is 6.10 Å². The van der Waals surface area contributed by atoms with E-state index in [9.17, 15) is 4.79 Å². The summed E-state index contributed by atoms with van der Waals surface area (Å²) in [5.74, 6) is 4.87. The number of esters is 1. The summed E-state index contributed by atoms with van der Waals surface area (Å²) in [7, 11) is 0. The third-order valence-electron chi connectivity index (χ3n) is 10.9. The van der Waals surface area contributed by atoms with E-state index in [2.05, 4.69) is 40.7 Å². The van der Waals surface area contributed by atoms with Crippen LogP contribution >= 0.6 is 11.6 Å². The van der Waals surface area contributed by atoms with E-state index in [0.717, 1.165) is 54.8 Å². The first-order chi connectivity index (χ1) is 16.0. The van der Waals surface area contributed by atoms with E-state index in [1.54, 1.807) is 12.5 Å². The number of fused-ring (bicyclic) bond motifs is 5. The zero-order chi connectivity index (χ0) is 24.7. The van der Waals surface area contributed by atoms with Crippen molar-refractivity contribution in [2.45, 2.75) is 118 Å². The molecule has 0 saturated heterocycles. The summed E-state index contributed by atoms with van der Waals surface area (Å²) >= 11 is 5.87. The predicted octanol–water partition coefficient (Wildman–Crippen LogP) is 9.08. The maximum atomic E-state index is 12.1. The van der Waals surface area contributed by atoms with E-state index in [1.807, 2.05) is 0 Å². The van der Waals surface area contributed by atoms with E-state index in [-0.39, 0.29) is 12.1 Å². The molecular weight excluding hydrogens is 440 g/mol. The molecule has 192 valence electrons. The lowest BCUT2D eigenvalue weighted by Gasteiger charge is -2.58. The van der Waals surface area contributed by atoms with Crippen molar-refractivity contribution in [2.24, 2.45) is 46.3 Å². The van der Waals surface area contributed by atoms with Crippen LogP contribution in [-0.4, -0.2) is 12.1 Å². The SMILES string of the molecule is CC(Cl)=CC(=O)OC1CCC2(C)C(=CCC3C2CCC2(C)C(C(C)CCCC(C)C)CCC32)C1.